The molecule has 2 saturated carbocycles. The highest BCUT2D eigenvalue weighted by molar-refractivity contribution is 5.79. The van der Waals surface area contributed by atoms with Gasteiger partial charge in [-0.2, -0.15) is 0 Å². The van der Waals surface area contributed by atoms with Crippen LogP contribution in [0.3, 0.4) is 0 Å². The lowest BCUT2D eigenvalue weighted by molar-refractivity contribution is -0.123. The van der Waals surface area contributed by atoms with E-state index in [9.17, 15) is 9.59 Å². The van der Waals surface area contributed by atoms with Crippen LogP contribution >= 0.6 is 0 Å². The molecule has 2 aliphatic carbocycles. The molecule has 2 aliphatic rings. The number of hydrogen-bond acceptors (Lipinski definition) is 2. The summed E-state index contributed by atoms with van der Waals surface area (Å²) < 4.78 is 0. The Hall–Kier alpha value is -1.44. The zero-order valence-electron chi connectivity index (χ0n) is 18.2. The summed E-state index contributed by atoms with van der Waals surface area (Å²) in [5.74, 6) is 4.53. The molecule has 2 nitrogen and oxygen atoms in total. The molecule has 6 unspecified atom stereocenters. The molecule has 0 bridgehead atoms. The van der Waals surface area contributed by atoms with Crippen molar-refractivity contribution in [1.82, 2.24) is 0 Å². The van der Waals surface area contributed by atoms with Gasteiger partial charge in [0.1, 0.15) is 11.6 Å². The maximum Gasteiger partial charge on any atom is 0.133 e. The Morgan fingerprint density at radius 3 is 1.64 bits per heavy atom. The number of carbonyl (C=O) groups excluding carboxylic acids is 2. The van der Waals surface area contributed by atoms with E-state index in [1.54, 1.807) is 0 Å². The molecule has 0 spiro atoms. The minimum atomic E-state index is 0.450. The summed E-state index contributed by atoms with van der Waals surface area (Å²) in [6.45, 7) is 9.25. The van der Waals surface area contributed by atoms with Crippen molar-refractivity contribution in [2.24, 2.45) is 35.5 Å². The van der Waals surface area contributed by atoms with Crippen LogP contribution in [0.1, 0.15) is 77.3 Å². The zero-order chi connectivity index (χ0) is 20.3. The topological polar surface area (TPSA) is 34.1 Å². The van der Waals surface area contributed by atoms with Gasteiger partial charge in [0.15, 0.2) is 0 Å². The van der Waals surface area contributed by atoms with Gasteiger partial charge >= 0.3 is 0 Å². The van der Waals surface area contributed by atoms with Gasteiger partial charge in [-0.1, -0.05) is 52.0 Å². The highest BCUT2D eigenvalue weighted by Gasteiger charge is 2.31. The summed E-state index contributed by atoms with van der Waals surface area (Å²) in [7, 11) is 0. The second kappa shape index (κ2) is 9.37. The maximum absolute atomic E-state index is 11.7. The summed E-state index contributed by atoms with van der Waals surface area (Å²) >= 11 is 0. The highest BCUT2D eigenvalue weighted by Crippen LogP contribution is 2.36. The molecule has 6 atom stereocenters. The van der Waals surface area contributed by atoms with Crippen molar-refractivity contribution >= 4 is 11.6 Å². The van der Waals surface area contributed by atoms with Gasteiger partial charge in [-0.15, -0.1) is 0 Å². The first-order valence-electron chi connectivity index (χ1n) is 11.4. The van der Waals surface area contributed by atoms with Crippen LogP contribution in [-0.4, -0.2) is 11.6 Å². The summed E-state index contributed by atoms with van der Waals surface area (Å²) in [5, 5.41) is 0. The molecular weight excluding hydrogens is 344 g/mol. The van der Waals surface area contributed by atoms with E-state index in [-0.39, 0.29) is 0 Å². The number of ketones is 2. The lowest BCUT2D eigenvalue weighted by atomic mass is 9.71. The van der Waals surface area contributed by atoms with Crippen molar-refractivity contribution in [3.8, 4) is 0 Å². The average Bonchev–Trinajstić information content (AvgIpc) is 2.61. The Morgan fingerprint density at radius 2 is 1.25 bits per heavy atom. The predicted molar refractivity (Wildman–Crippen MR) is 115 cm³/mol. The van der Waals surface area contributed by atoms with E-state index in [2.05, 4.69) is 52.0 Å². The lowest BCUT2D eigenvalue weighted by Crippen LogP contribution is -2.29. The molecule has 28 heavy (non-hydrogen) atoms. The minimum Gasteiger partial charge on any atom is -0.300 e. The van der Waals surface area contributed by atoms with Crippen LogP contribution in [0.5, 0.6) is 0 Å². The van der Waals surface area contributed by atoms with E-state index in [0.717, 1.165) is 51.4 Å². The molecule has 0 aromatic heterocycles. The van der Waals surface area contributed by atoms with Crippen LogP contribution in [0.2, 0.25) is 0 Å². The van der Waals surface area contributed by atoms with E-state index in [0.29, 0.717) is 47.1 Å². The first kappa shape index (κ1) is 21.3. The molecule has 3 rings (SSSR count). The molecular formula is C26H38O2. The molecule has 0 saturated heterocycles. The van der Waals surface area contributed by atoms with E-state index in [1.165, 1.54) is 11.1 Å². The summed E-state index contributed by atoms with van der Waals surface area (Å²) in [4.78, 5) is 23.4. The summed E-state index contributed by atoms with van der Waals surface area (Å²) in [6, 6.07) is 9.16. The van der Waals surface area contributed by atoms with Gasteiger partial charge in [0.25, 0.3) is 0 Å². The zero-order valence-corrected chi connectivity index (χ0v) is 18.2. The van der Waals surface area contributed by atoms with Crippen molar-refractivity contribution in [2.75, 3.05) is 0 Å². The molecule has 0 N–H and O–H groups in total. The van der Waals surface area contributed by atoms with Crippen molar-refractivity contribution < 1.29 is 9.59 Å². The third-order valence-corrected chi connectivity index (χ3v) is 7.64. The predicted octanol–water partition coefficient (Wildman–Crippen LogP) is 6.05. The van der Waals surface area contributed by atoms with Crippen LogP contribution < -0.4 is 0 Å². The Labute approximate surface area is 171 Å². The quantitative estimate of drug-likeness (QED) is 0.600. The van der Waals surface area contributed by atoms with Gasteiger partial charge in [0.05, 0.1) is 0 Å². The summed E-state index contributed by atoms with van der Waals surface area (Å²) in [6.07, 6.45) is 7.45. The summed E-state index contributed by atoms with van der Waals surface area (Å²) in [5.41, 5.74) is 2.88. The average molecular weight is 383 g/mol. The van der Waals surface area contributed by atoms with Crippen LogP contribution in [-0.2, 0) is 22.4 Å². The molecule has 0 heterocycles. The highest BCUT2D eigenvalue weighted by atomic mass is 16.1. The third-order valence-electron chi connectivity index (χ3n) is 7.64. The Bertz CT molecular complexity index is 636. The minimum absolute atomic E-state index is 0.450. The van der Waals surface area contributed by atoms with Crippen molar-refractivity contribution in [2.45, 2.75) is 79.1 Å². The first-order valence-corrected chi connectivity index (χ1v) is 11.4. The smallest absolute Gasteiger partial charge is 0.133 e. The van der Waals surface area contributed by atoms with Gasteiger partial charge < -0.3 is 0 Å². The number of Topliss-reactive ketones (excluding diaryl/α,β-unsaturated/α-hetero) is 2. The van der Waals surface area contributed by atoms with Crippen molar-refractivity contribution in [1.29, 1.82) is 0 Å². The second-order valence-corrected chi connectivity index (χ2v) is 10.0. The van der Waals surface area contributed by atoms with E-state index in [4.69, 9.17) is 0 Å². The van der Waals surface area contributed by atoms with Crippen LogP contribution in [0, 0.1) is 35.5 Å². The molecule has 0 amide bonds. The van der Waals surface area contributed by atoms with Gasteiger partial charge in [0, 0.05) is 25.7 Å². The fourth-order valence-electron chi connectivity index (χ4n) is 6.07. The normalized spacial score (nSPS) is 30.9. The SMILES string of the molecule is CC1CC(=O)CCC1C(C)Cc1cccc(CC(C)C2CCC(=O)CC2C)c1. The fourth-order valence-corrected chi connectivity index (χ4v) is 6.07. The second-order valence-electron chi connectivity index (χ2n) is 10.0. The van der Waals surface area contributed by atoms with Crippen LogP contribution in [0.15, 0.2) is 24.3 Å². The van der Waals surface area contributed by atoms with Crippen molar-refractivity contribution in [3.63, 3.8) is 0 Å². The molecule has 1 aromatic carbocycles. The number of hydrogen-bond donors (Lipinski definition) is 0. The molecule has 1 aromatic rings. The molecule has 0 aliphatic heterocycles. The fraction of sp³-hybridized carbons (Fsp3) is 0.692. The van der Waals surface area contributed by atoms with Crippen molar-refractivity contribution in [3.05, 3.63) is 35.4 Å². The van der Waals surface area contributed by atoms with Crippen LogP contribution in [0.25, 0.3) is 0 Å². The van der Waals surface area contributed by atoms with Crippen LogP contribution in [0.4, 0.5) is 0 Å². The number of benzene rings is 1. The number of carbonyl (C=O) groups is 2. The van der Waals surface area contributed by atoms with Gasteiger partial charge in [-0.05, 0) is 72.3 Å². The third kappa shape index (κ3) is 5.33. The van der Waals surface area contributed by atoms with Gasteiger partial charge in [-0.3, -0.25) is 9.59 Å². The molecule has 2 fully saturated rings. The molecule has 2 heteroatoms. The van der Waals surface area contributed by atoms with Gasteiger partial charge in [0.2, 0.25) is 0 Å². The molecule has 0 radical (unpaired) electrons. The maximum atomic E-state index is 11.7. The Balaban J connectivity index is 1.59. The number of rotatable bonds is 6. The Morgan fingerprint density at radius 1 is 0.821 bits per heavy atom. The first-order chi connectivity index (χ1) is 13.3. The largest absolute Gasteiger partial charge is 0.300 e. The van der Waals surface area contributed by atoms with Gasteiger partial charge in [-0.25, -0.2) is 0 Å². The monoisotopic (exact) mass is 382 g/mol. The molecule has 154 valence electrons. The Kier molecular flexibility index (Phi) is 7.12. The van der Waals surface area contributed by atoms with E-state index < -0.39 is 0 Å². The van der Waals surface area contributed by atoms with E-state index in [1.807, 2.05) is 0 Å². The standard InChI is InChI=1S/C26H38O2/c1-17(25-10-8-23(27)14-19(25)3)12-21-6-5-7-22(16-21)13-18(2)26-11-9-24(28)15-20(26)4/h5-7,16-20,25-26H,8-15H2,1-4H3. The van der Waals surface area contributed by atoms with E-state index >= 15 is 0 Å². The lowest BCUT2D eigenvalue weighted by Gasteiger charge is -2.33.